The Morgan fingerprint density at radius 3 is 2.67 bits per heavy atom. The summed E-state index contributed by atoms with van der Waals surface area (Å²) in [5.41, 5.74) is -1.12. The SMILES string of the molecule is COCCNC(=O)c1cc(C(F)(F)F)ccc1Cl. The number of ether oxygens (including phenoxy) is 1. The first-order chi connectivity index (χ1) is 8.36. The summed E-state index contributed by atoms with van der Waals surface area (Å²) in [6.07, 6.45) is -4.51. The molecule has 0 atom stereocenters. The summed E-state index contributed by atoms with van der Waals surface area (Å²) in [4.78, 5) is 11.6. The number of nitrogens with one attached hydrogen (secondary N) is 1. The maximum atomic E-state index is 12.5. The lowest BCUT2D eigenvalue weighted by molar-refractivity contribution is -0.137. The number of carbonyl (C=O) groups is 1. The van der Waals surface area contributed by atoms with Crippen LogP contribution in [0, 0.1) is 0 Å². The highest BCUT2D eigenvalue weighted by Gasteiger charge is 2.31. The van der Waals surface area contributed by atoms with E-state index in [-0.39, 0.29) is 23.7 Å². The molecular formula is C11H11ClF3NO2. The van der Waals surface area contributed by atoms with Crippen molar-refractivity contribution in [3.8, 4) is 0 Å². The van der Waals surface area contributed by atoms with Crippen LogP contribution in [-0.2, 0) is 10.9 Å². The monoisotopic (exact) mass is 281 g/mol. The van der Waals surface area contributed by atoms with Crippen molar-refractivity contribution in [1.29, 1.82) is 0 Å². The van der Waals surface area contributed by atoms with Crippen molar-refractivity contribution in [3.05, 3.63) is 34.3 Å². The molecule has 0 fully saturated rings. The van der Waals surface area contributed by atoms with Crippen molar-refractivity contribution in [2.45, 2.75) is 6.18 Å². The van der Waals surface area contributed by atoms with Gasteiger partial charge in [0.25, 0.3) is 5.91 Å². The fourth-order valence-corrected chi connectivity index (χ4v) is 1.44. The molecule has 7 heteroatoms. The van der Waals surface area contributed by atoms with E-state index in [4.69, 9.17) is 16.3 Å². The van der Waals surface area contributed by atoms with Crippen LogP contribution in [-0.4, -0.2) is 26.2 Å². The highest BCUT2D eigenvalue weighted by molar-refractivity contribution is 6.33. The summed E-state index contributed by atoms with van der Waals surface area (Å²) in [7, 11) is 1.45. The molecule has 0 unspecified atom stereocenters. The topological polar surface area (TPSA) is 38.3 Å². The van der Waals surface area contributed by atoms with Gasteiger partial charge in [-0.2, -0.15) is 13.2 Å². The number of halogens is 4. The Morgan fingerprint density at radius 1 is 1.44 bits per heavy atom. The Morgan fingerprint density at radius 2 is 2.11 bits per heavy atom. The smallest absolute Gasteiger partial charge is 0.383 e. The summed E-state index contributed by atoms with van der Waals surface area (Å²) in [5, 5.41) is 2.37. The van der Waals surface area contributed by atoms with E-state index in [9.17, 15) is 18.0 Å². The Balaban J connectivity index is 2.90. The zero-order valence-electron chi connectivity index (χ0n) is 9.47. The molecular weight excluding hydrogens is 271 g/mol. The van der Waals surface area contributed by atoms with E-state index in [1.807, 2.05) is 0 Å². The summed E-state index contributed by atoms with van der Waals surface area (Å²) >= 11 is 5.69. The molecule has 1 rings (SSSR count). The number of hydrogen-bond acceptors (Lipinski definition) is 2. The molecule has 18 heavy (non-hydrogen) atoms. The van der Waals surface area contributed by atoms with E-state index in [0.717, 1.165) is 18.2 Å². The molecule has 0 radical (unpaired) electrons. The minimum absolute atomic E-state index is 0.0297. The lowest BCUT2D eigenvalue weighted by Crippen LogP contribution is -2.27. The van der Waals surface area contributed by atoms with Gasteiger partial charge in [-0.15, -0.1) is 0 Å². The fraction of sp³-hybridized carbons (Fsp3) is 0.364. The van der Waals surface area contributed by atoms with Crippen molar-refractivity contribution < 1.29 is 22.7 Å². The lowest BCUT2D eigenvalue weighted by Gasteiger charge is -2.10. The van der Waals surface area contributed by atoms with Crippen LogP contribution in [0.4, 0.5) is 13.2 Å². The Hall–Kier alpha value is -1.27. The van der Waals surface area contributed by atoms with Crippen LogP contribution in [0.15, 0.2) is 18.2 Å². The number of methoxy groups -OCH3 is 1. The first kappa shape index (κ1) is 14.8. The van der Waals surface area contributed by atoms with Gasteiger partial charge >= 0.3 is 6.18 Å². The lowest BCUT2D eigenvalue weighted by atomic mass is 10.1. The second-order valence-electron chi connectivity index (χ2n) is 3.44. The Labute approximate surface area is 107 Å². The minimum atomic E-state index is -4.51. The minimum Gasteiger partial charge on any atom is -0.383 e. The van der Waals surface area contributed by atoms with Gasteiger partial charge < -0.3 is 10.1 Å². The third-order valence-corrected chi connectivity index (χ3v) is 2.46. The number of amides is 1. The zero-order valence-corrected chi connectivity index (χ0v) is 10.2. The Bertz CT molecular complexity index is 435. The van der Waals surface area contributed by atoms with Gasteiger partial charge in [-0.3, -0.25) is 4.79 Å². The summed E-state index contributed by atoms with van der Waals surface area (Å²) in [6, 6.07) is 2.61. The predicted octanol–water partition coefficient (Wildman–Crippen LogP) is 2.74. The number of alkyl halides is 3. The van der Waals surface area contributed by atoms with Gasteiger partial charge in [0.2, 0.25) is 0 Å². The van der Waals surface area contributed by atoms with Gasteiger partial charge in [0.15, 0.2) is 0 Å². The first-order valence-electron chi connectivity index (χ1n) is 5.00. The van der Waals surface area contributed by atoms with Crippen LogP contribution >= 0.6 is 11.6 Å². The van der Waals surface area contributed by atoms with Gasteiger partial charge in [0.1, 0.15) is 0 Å². The first-order valence-corrected chi connectivity index (χ1v) is 5.38. The molecule has 0 aromatic heterocycles. The third-order valence-electron chi connectivity index (χ3n) is 2.13. The molecule has 1 N–H and O–H groups in total. The highest BCUT2D eigenvalue weighted by atomic mass is 35.5. The van der Waals surface area contributed by atoms with Gasteiger partial charge in [0.05, 0.1) is 22.8 Å². The van der Waals surface area contributed by atoms with Crippen molar-refractivity contribution in [3.63, 3.8) is 0 Å². The van der Waals surface area contributed by atoms with Crippen molar-refractivity contribution in [1.82, 2.24) is 5.32 Å². The highest BCUT2D eigenvalue weighted by Crippen LogP contribution is 2.31. The average Bonchev–Trinajstić information content (AvgIpc) is 2.28. The van der Waals surface area contributed by atoms with E-state index in [1.54, 1.807) is 0 Å². The predicted molar refractivity (Wildman–Crippen MR) is 60.7 cm³/mol. The van der Waals surface area contributed by atoms with Crippen LogP contribution in [0.3, 0.4) is 0 Å². The molecule has 0 spiro atoms. The van der Waals surface area contributed by atoms with E-state index < -0.39 is 17.6 Å². The van der Waals surface area contributed by atoms with E-state index in [0.29, 0.717) is 0 Å². The van der Waals surface area contributed by atoms with Crippen molar-refractivity contribution in [2.75, 3.05) is 20.3 Å². The molecule has 0 aliphatic rings. The molecule has 0 heterocycles. The molecule has 0 saturated carbocycles. The molecule has 0 aliphatic heterocycles. The standard InChI is InChI=1S/C11H11ClF3NO2/c1-18-5-4-16-10(17)8-6-7(11(13,14)15)2-3-9(8)12/h2-3,6H,4-5H2,1H3,(H,16,17). The van der Waals surface area contributed by atoms with Crippen LogP contribution in [0.2, 0.25) is 5.02 Å². The molecule has 1 amide bonds. The maximum absolute atomic E-state index is 12.5. The van der Waals surface area contributed by atoms with Gasteiger partial charge in [0, 0.05) is 13.7 Å². The van der Waals surface area contributed by atoms with Crippen molar-refractivity contribution in [2.24, 2.45) is 0 Å². The zero-order chi connectivity index (χ0) is 13.8. The molecule has 1 aromatic rings. The third kappa shape index (κ3) is 3.89. The van der Waals surface area contributed by atoms with Gasteiger partial charge in [-0.25, -0.2) is 0 Å². The largest absolute Gasteiger partial charge is 0.416 e. The fourth-order valence-electron chi connectivity index (χ4n) is 1.24. The van der Waals surface area contributed by atoms with E-state index >= 15 is 0 Å². The molecule has 0 bridgehead atoms. The summed E-state index contributed by atoms with van der Waals surface area (Å²) < 4.78 is 42.1. The number of rotatable bonds is 4. The van der Waals surface area contributed by atoms with Crippen LogP contribution in [0.25, 0.3) is 0 Å². The van der Waals surface area contributed by atoms with Gasteiger partial charge in [-0.05, 0) is 18.2 Å². The number of hydrogen-bond donors (Lipinski definition) is 1. The quantitative estimate of drug-likeness (QED) is 0.862. The summed E-state index contributed by atoms with van der Waals surface area (Å²) in [6.45, 7) is 0.463. The molecule has 0 saturated heterocycles. The van der Waals surface area contributed by atoms with Gasteiger partial charge in [-0.1, -0.05) is 11.6 Å². The normalized spacial score (nSPS) is 11.4. The average molecular weight is 282 g/mol. The maximum Gasteiger partial charge on any atom is 0.416 e. The second-order valence-corrected chi connectivity index (χ2v) is 3.85. The molecule has 3 nitrogen and oxygen atoms in total. The van der Waals surface area contributed by atoms with Crippen LogP contribution < -0.4 is 5.32 Å². The van der Waals surface area contributed by atoms with E-state index in [1.165, 1.54) is 7.11 Å². The summed E-state index contributed by atoms with van der Waals surface area (Å²) in [5.74, 6) is -0.664. The molecule has 0 aliphatic carbocycles. The number of carbonyl (C=O) groups excluding carboxylic acids is 1. The Kier molecular flexibility index (Phi) is 4.98. The molecule has 100 valence electrons. The van der Waals surface area contributed by atoms with Crippen molar-refractivity contribution >= 4 is 17.5 Å². The van der Waals surface area contributed by atoms with Crippen LogP contribution in [0.5, 0.6) is 0 Å². The second kappa shape index (κ2) is 6.06. The molecule has 1 aromatic carbocycles. The van der Waals surface area contributed by atoms with E-state index in [2.05, 4.69) is 5.32 Å². The van der Waals surface area contributed by atoms with Crippen LogP contribution in [0.1, 0.15) is 15.9 Å². The number of benzene rings is 1.